The lowest BCUT2D eigenvalue weighted by molar-refractivity contribution is -0.118. The number of pyridine rings is 1. The molecule has 1 aliphatic carbocycles. The molecule has 0 saturated carbocycles. The van der Waals surface area contributed by atoms with Gasteiger partial charge in [0, 0.05) is 43.2 Å². The number of hydrogen-bond donors (Lipinski definition) is 2. The number of aliphatic hydroxyl groups is 1. The second-order valence-electron chi connectivity index (χ2n) is 8.47. The molecule has 2 N–H and O–H groups in total. The molecule has 3 aromatic heterocycles. The summed E-state index contributed by atoms with van der Waals surface area (Å²) < 4.78 is 20.4. The number of ether oxygens (including phenoxy) is 1. The fraction of sp³-hybridized carbons (Fsp3) is 0.240. The van der Waals surface area contributed by atoms with Crippen LogP contribution in [0.5, 0.6) is 5.75 Å². The Bertz CT molecular complexity index is 1480. The maximum absolute atomic E-state index is 13.4. The molecule has 0 atom stereocenters. The topological polar surface area (TPSA) is 122 Å². The normalized spacial score (nSPS) is 12.0. The van der Waals surface area contributed by atoms with Crippen molar-refractivity contribution in [3.8, 4) is 33.3 Å². The minimum absolute atomic E-state index is 0.156. The Hall–Kier alpha value is -4.16. The first kappa shape index (κ1) is 24.5. The summed E-state index contributed by atoms with van der Waals surface area (Å²) in [6.45, 7) is -1.74. The van der Waals surface area contributed by atoms with E-state index in [9.17, 15) is 14.0 Å². The zero-order valence-electron chi connectivity index (χ0n) is 20.1. The van der Waals surface area contributed by atoms with Crippen LogP contribution in [-0.4, -0.2) is 69.1 Å². The third-order valence-corrected chi connectivity index (χ3v) is 6.90. The lowest BCUT2D eigenvalue weighted by Gasteiger charge is -2.17. The number of hydrogen-bond acceptors (Lipinski definition) is 8. The van der Waals surface area contributed by atoms with E-state index in [1.54, 1.807) is 43.3 Å². The van der Waals surface area contributed by atoms with E-state index in [4.69, 9.17) is 14.9 Å². The van der Waals surface area contributed by atoms with Crippen LogP contribution in [0.15, 0.2) is 42.7 Å². The van der Waals surface area contributed by atoms with E-state index < -0.39 is 19.4 Å². The first-order valence-corrected chi connectivity index (χ1v) is 12.2. The van der Waals surface area contributed by atoms with Gasteiger partial charge >= 0.3 is 0 Å². The fourth-order valence-electron chi connectivity index (χ4n) is 4.25. The van der Waals surface area contributed by atoms with Crippen LogP contribution in [0.4, 0.5) is 9.52 Å². The number of alkyl halides is 1. The van der Waals surface area contributed by atoms with Crippen LogP contribution >= 0.6 is 11.3 Å². The quantitative estimate of drug-likeness (QED) is 0.382. The Kier molecular flexibility index (Phi) is 6.68. The summed E-state index contributed by atoms with van der Waals surface area (Å²) in [5.74, 6) is -0.651. The monoisotopic (exact) mass is 522 g/mol. The number of carbonyl (C=O) groups excluding carboxylic acids is 2. The Morgan fingerprint density at radius 2 is 2.11 bits per heavy atom. The van der Waals surface area contributed by atoms with Gasteiger partial charge in [-0.25, -0.2) is 14.1 Å². The molecule has 1 aromatic carbocycles. The predicted octanol–water partition coefficient (Wildman–Crippen LogP) is 3.09. The Morgan fingerprint density at radius 1 is 1.27 bits per heavy atom. The molecule has 4 aromatic rings. The Labute approximate surface area is 215 Å². The van der Waals surface area contributed by atoms with E-state index in [2.05, 4.69) is 15.3 Å². The standard InChI is InChI=1S/C25H23FN6O4S/c1-31(2)24(35)14-5-8-18(19(10-14)36-13-26)32-22-16(21(30-32)15-4-3-9-27-11-15)6-7-17-23(22)37-25(28-17)29-20(34)12-33/h3-5,8-11,33H,6-7,12-13H2,1-2H3,(H,28,29,34). The van der Waals surface area contributed by atoms with E-state index in [0.717, 1.165) is 27.4 Å². The first-order valence-electron chi connectivity index (χ1n) is 11.4. The number of benzene rings is 1. The van der Waals surface area contributed by atoms with Crippen molar-refractivity contribution >= 4 is 28.3 Å². The van der Waals surface area contributed by atoms with Gasteiger partial charge in [0.05, 0.1) is 22.0 Å². The van der Waals surface area contributed by atoms with Crippen molar-refractivity contribution in [2.75, 3.05) is 32.9 Å². The number of halogens is 1. The molecule has 1 aliphatic rings. The van der Waals surface area contributed by atoms with Crippen molar-refractivity contribution in [2.45, 2.75) is 12.8 Å². The lowest BCUT2D eigenvalue weighted by atomic mass is 9.95. The summed E-state index contributed by atoms with van der Waals surface area (Å²) in [4.78, 5) is 35.3. The molecule has 0 saturated heterocycles. The summed E-state index contributed by atoms with van der Waals surface area (Å²) in [6, 6.07) is 8.55. The molecule has 3 heterocycles. The van der Waals surface area contributed by atoms with Gasteiger partial charge in [0.2, 0.25) is 6.86 Å². The molecule has 0 radical (unpaired) electrons. The predicted molar refractivity (Wildman–Crippen MR) is 136 cm³/mol. The Balaban J connectivity index is 1.72. The van der Waals surface area contributed by atoms with Gasteiger partial charge in [-0.05, 0) is 43.2 Å². The SMILES string of the molecule is CN(C)C(=O)c1ccc(-n2nc(-c3cccnc3)c3c2-c2sc(NC(=O)CO)nc2CC3)c(OCF)c1. The number of amides is 2. The van der Waals surface area contributed by atoms with Gasteiger partial charge in [-0.3, -0.25) is 19.9 Å². The van der Waals surface area contributed by atoms with Gasteiger partial charge < -0.3 is 14.7 Å². The molecule has 5 rings (SSSR count). The molecule has 12 heteroatoms. The zero-order chi connectivity index (χ0) is 26.1. The molecule has 2 amide bonds. The molecule has 0 fully saturated rings. The molecule has 0 bridgehead atoms. The fourth-order valence-corrected chi connectivity index (χ4v) is 5.33. The number of thiazole rings is 1. The minimum atomic E-state index is -1.09. The summed E-state index contributed by atoms with van der Waals surface area (Å²) in [5, 5.41) is 17.0. The number of carbonyl (C=O) groups is 2. The number of aromatic nitrogens is 4. The third kappa shape index (κ3) is 4.56. The van der Waals surface area contributed by atoms with Gasteiger partial charge in [0.25, 0.3) is 11.8 Å². The van der Waals surface area contributed by atoms with Crippen molar-refractivity contribution in [2.24, 2.45) is 0 Å². The number of nitrogens with zero attached hydrogens (tertiary/aromatic N) is 5. The van der Waals surface area contributed by atoms with E-state index in [1.165, 1.54) is 22.3 Å². The highest BCUT2D eigenvalue weighted by Crippen LogP contribution is 2.45. The van der Waals surface area contributed by atoms with Crippen molar-refractivity contribution in [3.05, 3.63) is 59.5 Å². The Morgan fingerprint density at radius 3 is 2.81 bits per heavy atom. The lowest BCUT2D eigenvalue weighted by Crippen LogP contribution is -2.21. The number of aryl methyl sites for hydroxylation is 1. The van der Waals surface area contributed by atoms with Crippen LogP contribution < -0.4 is 10.1 Å². The second kappa shape index (κ2) is 10.1. The summed E-state index contributed by atoms with van der Waals surface area (Å²) >= 11 is 1.26. The average molecular weight is 523 g/mol. The van der Waals surface area contributed by atoms with Crippen molar-refractivity contribution < 1.29 is 23.8 Å². The maximum Gasteiger partial charge on any atom is 0.253 e. The molecule has 0 aliphatic heterocycles. The van der Waals surface area contributed by atoms with Crippen LogP contribution in [0.25, 0.3) is 27.5 Å². The van der Waals surface area contributed by atoms with E-state index in [0.29, 0.717) is 34.9 Å². The van der Waals surface area contributed by atoms with Gasteiger partial charge in [0.15, 0.2) is 5.13 Å². The van der Waals surface area contributed by atoms with Gasteiger partial charge in [-0.15, -0.1) is 0 Å². The van der Waals surface area contributed by atoms with Crippen molar-refractivity contribution in [3.63, 3.8) is 0 Å². The molecular weight excluding hydrogens is 499 g/mol. The van der Waals surface area contributed by atoms with Gasteiger partial charge in [-0.2, -0.15) is 5.10 Å². The number of fused-ring (bicyclic) bond motifs is 3. The molecule has 190 valence electrons. The second-order valence-corrected chi connectivity index (χ2v) is 9.46. The average Bonchev–Trinajstić information content (AvgIpc) is 3.49. The maximum atomic E-state index is 13.4. The van der Waals surface area contributed by atoms with Crippen LogP contribution in [0.2, 0.25) is 0 Å². The molecule has 0 spiro atoms. The highest BCUT2D eigenvalue weighted by Gasteiger charge is 2.31. The van der Waals surface area contributed by atoms with E-state index in [-0.39, 0.29) is 11.7 Å². The molecule has 10 nitrogen and oxygen atoms in total. The van der Waals surface area contributed by atoms with Gasteiger partial charge in [0.1, 0.15) is 18.0 Å². The van der Waals surface area contributed by atoms with Crippen molar-refractivity contribution in [1.29, 1.82) is 0 Å². The first-order chi connectivity index (χ1) is 17.9. The molecule has 37 heavy (non-hydrogen) atoms. The summed E-state index contributed by atoms with van der Waals surface area (Å²) in [5.41, 5.74) is 4.77. The van der Waals surface area contributed by atoms with Crippen LogP contribution in [0, 0.1) is 0 Å². The smallest absolute Gasteiger partial charge is 0.253 e. The minimum Gasteiger partial charge on any atom is -0.461 e. The van der Waals surface area contributed by atoms with E-state index in [1.807, 2.05) is 12.1 Å². The highest BCUT2D eigenvalue weighted by molar-refractivity contribution is 7.19. The highest BCUT2D eigenvalue weighted by atomic mass is 32.1. The molecule has 0 unspecified atom stereocenters. The largest absolute Gasteiger partial charge is 0.461 e. The number of rotatable bonds is 7. The van der Waals surface area contributed by atoms with Crippen LogP contribution in [-0.2, 0) is 17.6 Å². The van der Waals surface area contributed by atoms with Crippen molar-refractivity contribution in [1.82, 2.24) is 24.6 Å². The third-order valence-electron chi connectivity index (χ3n) is 5.88. The summed E-state index contributed by atoms with van der Waals surface area (Å²) in [6.07, 6.45) is 4.65. The van der Waals surface area contributed by atoms with E-state index >= 15 is 0 Å². The summed E-state index contributed by atoms with van der Waals surface area (Å²) in [7, 11) is 3.27. The van der Waals surface area contributed by atoms with Gasteiger partial charge in [-0.1, -0.05) is 11.3 Å². The molecular formula is C25H23FN6O4S. The number of anilines is 1. The van der Waals surface area contributed by atoms with Crippen LogP contribution in [0.3, 0.4) is 0 Å². The van der Waals surface area contributed by atoms with Crippen LogP contribution in [0.1, 0.15) is 21.6 Å². The zero-order valence-corrected chi connectivity index (χ0v) is 20.9. The number of aliphatic hydroxyl groups excluding tert-OH is 1. The number of nitrogens with one attached hydrogen (secondary N) is 1.